The third kappa shape index (κ3) is 4.62. The number of aromatic nitrogens is 4. The summed E-state index contributed by atoms with van der Waals surface area (Å²) in [6, 6.07) is 8.36. The van der Waals surface area contributed by atoms with Gasteiger partial charge in [0, 0.05) is 41.8 Å². The van der Waals surface area contributed by atoms with Crippen molar-refractivity contribution in [1.29, 1.82) is 0 Å². The van der Waals surface area contributed by atoms with Gasteiger partial charge in [-0.05, 0) is 54.8 Å². The molecule has 0 aliphatic carbocycles. The molecule has 1 aromatic carbocycles. The van der Waals surface area contributed by atoms with Crippen LogP contribution in [0, 0.1) is 12.7 Å². The molecule has 0 saturated heterocycles. The van der Waals surface area contributed by atoms with E-state index >= 15 is 0 Å². The molecule has 3 aromatic heterocycles. The Morgan fingerprint density at radius 1 is 1.06 bits per heavy atom. The van der Waals surface area contributed by atoms with Crippen LogP contribution in [-0.2, 0) is 0 Å². The van der Waals surface area contributed by atoms with Crippen LogP contribution in [0.4, 0.5) is 16.0 Å². The van der Waals surface area contributed by atoms with E-state index in [1.54, 1.807) is 19.3 Å². The summed E-state index contributed by atoms with van der Waals surface area (Å²) >= 11 is 7.26. The fraction of sp³-hybridized carbons (Fsp3) is 0.143. The summed E-state index contributed by atoms with van der Waals surface area (Å²) in [4.78, 5) is 18.0. The number of rotatable bonds is 6. The molecule has 31 heavy (non-hydrogen) atoms. The molecule has 0 fully saturated rings. The molecule has 7 nitrogen and oxygen atoms in total. The number of anilines is 2. The Labute approximate surface area is 187 Å². The number of hydrogen-bond donors (Lipinski definition) is 2. The number of pyridine rings is 2. The van der Waals surface area contributed by atoms with Crippen molar-refractivity contribution in [3.05, 3.63) is 59.3 Å². The molecule has 0 unspecified atom stereocenters. The second kappa shape index (κ2) is 8.91. The Bertz CT molecular complexity index is 1270. The van der Waals surface area contributed by atoms with Gasteiger partial charge in [0.15, 0.2) is 5.65 Å². The molecule has 4 aromatic rings. The number of nitrogens with one attached hydrogen (secondary N) is 2. The van der Waals surface area contributed by atoms with Gasteiger partial charge < -0.3 is 14.8 Å². The Kier molecular flexibility index (Phi) is 6.06. The second-order valence-electron chi connectivity index (χ2n) is 6.57. The molecule has 158 valence electrons. The van der Waals surface area contributed by atoms with Gasteiger partial charge >= 0.3 is 0 Å². The average Bonchev–Trinajstić information content (AvgIpc) is 2.76. The zero-order valence-electron chi connectivity index (χ0n) is 16.9. The number of benzene rings is 1. The molecule has 3 heterocycles. The number of methoxy groups -OCH3 is 1. The van der Waals surface area contributed by atoms with Crippen LogP contribution in [-0.4, -0.2) is 34.1 Å². The number of fused-ring (bicyclic) bond motifs is 1. The largest absolute Gasteiger partial charge is 0.480 e. The zero-order valence-corrected chi connectivity index (χ0v) is 18.5. The molecule has 0 bridgehead atoms. The second-order valence-corrected chi connectivity index (χ2v) is 7.86. The summed E-state index contributed by atoms with van der Waals surface area (Å²) in [7, 11) is 3.27. The van der Waals surface area contributed by atoms with E-state index in [4.69, 9.17) is 16.3 Å². The van der Waals surface area contributed by atoms with E-state index in [1.807, 2.05) is 19.1 Å². The van der Waals surface area contributed by atoms with Gasteiger partial charge in [-0.15, -0.1) is 0 Å². The number of ether oxygens (including phenoxy) is 1. The van der Waals surface area contributed by atoms with Crippen molar-refractivity contribution in [1.82, 2.24) is 19.9 Å². The summed E-state index contributed by atoms with van der Waals surface area (Å²) in [6.45, 7) is 1.87. The molecule has 10 heteroatoms. The van der Waals surface area contributed by atoms with Crippen LogP contribution < -0.4 is 14.8 Å². The van der Waals surface area contributed by atoms with Gasteiger partial charge in [0.05, 0.1) is 17.0 Å². The van der Waals surface area contributed by atoms with E-state index in [0.717, 1.165) is 16.6 Å². The number of halogens is 2. The SMILES string of the molecule is CNc1ncc2cc(-c3cc(F)cc(NSc4cc(Cl)cnc4OC)c3)c(C)nc2n1. The standard InChI is InChI=1S/C21H18ClFN6OS/c1-11-17(6-13-9-26-21(24-2)28-19(13)27-11)12-4-15(23)8-16(5-12)29-31-18-7-14(22)10-25-20(18)30-3/h4-10,29H,1-3H3,(H,24,26,27,28). The van der Waals surface area contributed by atoms with E-state index < -0.39 is 0 Å². The van der Waals surface area contributed by atoms with Crippen molar-refractivity contribution in [2.24, 2.45) is 0 Å². The lowest BCUT2D eigenvalue weighted by molar-refractivity contribution is 0.387. The van der Waals surface area contributed by atoms with E-state index in [9.17, 15) is 4.39 Å². The van der Waals surface area contributed by atoms with Gasteiger partial charge in [-0.1, -0.05) is 11.6 Å². The van der Waals surface area contributed by atoms with Crippen molar-refractivity contribution in [3.63, 3.8) is 0 Å². The normalized spacial score (nSPS) is 10.9. The molecule has 0 aliphatic heterocycles. The Hall–Kier alpha value is -3.17. The molecule has 4 rings (SSSR count). The molecule has 2 N–H and O–H groups in total. The summed E-state index contributed by atoms with van der Waals surface area (Å²) in [5.74, 6) is 0.541. The fourth-order valence-corrected chi connectivity index (χ4v) is 4.00. The number of nitrogens with zero attached hydrogens (tertiary/aromatic N) is 4. The third-order valence-corrected chi connectivity index (χ3v) is 5.51. The zero-order chi connectivity index (χ0) is 22.0. The quantitative estimate of drug-likeness (QED) is 0.375. The van der Waals surface area contributed by atoms with Crippen molar-refractivity contribution in [3.8, 4) is 17.0 Å². The van der Waals surface area contributed by atoms with E-state index in [2.05, 4.69) is 30.0 Å². The van der Waals surface area contributed by atoms with Crippen LogP contribution in [0.25, 0.3) is 22.2 Å². The van der Waals surface area contributed by atoms with E-state index in [1.165, 1.54) is 37.4 Å². The lowest BCUT2D eigenvalue weighted by Gasteiger charge is -2.12. The maximum atomic E-state index is 14.4. The van der Waals surface area contributed by atoms with E-state index in [-0.39, 0.29) is 5.82 Å². The third-order valence-electron chi connectivity index (χ3n) is 4.45. The van der Waals surface area contributed by atoms with Crippen molar-refractivity contribution in [2.45, 2.75) is 11.8 Å². The topological polar surface area (TPSA) is 84.9 Å². The first-order valence-electron chi connectivity index (χ1n) is 9.22. The number of aryl methyl sites for hydroxylation is 1. The Balaban J connectivity index is 1.67. The first kappa shape index (κ1) is 21.1. The molecular weight excluding hydrogens is 439 g/mol. The van der Waals surface area contributed by atoms with Gasteiger partial charge in [0.1, 0.15) is 5.82 Å². The van der Waals surface area contributed by atoms with Crippen molar-refractivity contribution < 1.29 is 9.13 Å². The lowest BCUT2D eigenvalue weighted by Crippen LogP contribution is -1.99. The predicted octanol–water partition coefficient (Wildman–Crippen LogP) is 5.36. The average molecular weight is 457 g/mol. The maximum absolute atomic E-state index is 14.4. The monoisotopic (exact) mass is 456 g/mol. The molecular formula is C21H18ClFN6OS. The van der Waals surface area contributed by atoms with Gasteiger partial charge in [0.2, 0.25) is 11.8 Å². The van der Waals surface area contributed by atoms with Crippen LogP contribution in [0.5, 0.6) is 5.88 Å². The Morgan fingerprint density at radius 2 is 1.90 bits per heavy atom. The maximum Gasteiger partial charge on any atom is 0.228 e. The van der Waals surface area contributed by atoms with Crippen molar-refractivity contribution in [2.75, 3.05) is 24.2 Å². The van der Waals surface area contributed by atoms with Gasteiger partial charge in [0.25, 0.3) is 0 Å². The highest BCUT2D eigenvalue weighted by Crippen LogP contribution is 2.33. The molecule has 0 spiro atoms. The Morgan fingerprint density at radius 3 is 2.68 bits per heavy atom. The minimum atomic E-state index is -0.377. The highest BCUT2D eigenvalue weighted by atomic mass is 35.5. The molecule has 0 radical (unpaired) electrons. The van der Waals surface area contributed by atoms with E-state index in [0.29, 0.717) is 38.6 Å². The number of hydrogen-bond acceptors (Lipinski definition) is 8. The highest BCUT2D eigenvalue weighted by Gasteiger charge is 2.12. The highest BCUT2D eigenvalue weighted by molar-refractivity contribution is 8.00. The van der Waals surface area contributed by atoms with Gasteiger partial charge in [-0.25, -0.2) is 19.3 Å². The summed E-state index contributed by atoms with van der Waals surface area (Å²) < 4.78 is 22.8. The first-order chi connectivity index (χ1) is 15.0. The molecule has 0 saturated carbocycles. The molecule has 0 aliphatic rings. The minimum absolute atomic E-state index is 0.377. The lowest BCUT2D eigenvalue weighted by atomic mass is 10.0. The summed E-state index contributed by atoms with van der Waals surface area (Å²) in [6.07, 6.45) is 3.19. The minimum Gasteiger partial charge on any atom is -0.480 e. The first-order valence-corrected chi connectivity index (χ1v) is 10.4. The fourth-order valence-electron chi connectivity index (χ4n) is 3.02. The molecule has 0 atom stereocenters. The van der Waals surface area contributed by atoms with Crippen molar-refractivity contribution >= 4 is 46.2 Å². The van der Waals surface area contributed by atoms with Gasteiger partial charge in [-0.2, -0.15) is 4.98 Å². The molecule has 0 amide bonds. The van der Waals surface area contributed by atoms with Crippen LogP contribution in [0.2, 0.25) is 5.02 Å². The smallest absolute Gasteiger partial charge is 0.228 e. The van der Waals surface area contributed by atoms with Crippen LogP contribution in [0.15, 0.2) is 47.6 Å². The summed E-state index contributed by atoms with van der Waals surface area (Å²) in [5, 5.41) is 4.14. The predicted molar refractivity (Wildman–Crippen MR) is 122 cm³/mol. The summed E-state index contributed by atoms with van der Waals surface area (Å²) in [5.41, 5.74) is 3.36. The van der Waals surface area contributed by atoms with Crippen LogP contribution >= 0.6 is 23.5 Å². The van der Waals surface area contributed by atoms with Gasteiger partial charge in [-0.3, -0.25) is 0 Å². The van der Waals surface area contributed by atoms with Crippen LogP contribution in [0.3, 0.4) is 0 Å². The van der Waals surface area contributed by atoms with Crippen LogP contribution in [0.1, 0.15) is 5.69 Å².